The van der Waals surface area contributed by atoms with Gasteiger partial charge in [0.15, 0.2) is 0 Å². The lowest BCUT2D eigenvalue weighted by Crippen LogP contribution is -2.38. The van der Waals surface area contributed by atoms with Crippen LogP contribution in [0.15, 0.2) is 41.3 Å². The SMILES string of the molecule is Cc1cccc(NS(=O)(=O)c2cc(C(=O)N[C@@H]3C[C@H]4CC[C@@H]3C4)ccc2Cl)c1C. The van der Waals surface area contributed by atoms with Crippen LogP contribution in [0.1, 0.15) is 47.2 Å². The van der Waals surface area contributed by atoms with Crippen molar-refractivity contribution in [2.75, 3.05) is 4.72 Å². The summed E-state index contributed by atoms with van der Waals surface area (Å²) in [6.45, 7) is 3.77. The minimum atomic E-state index is -3.94. The number of sulfonamides is 1. The van der Waals surface area contributed by atoms with Crippen LogP contribution in [0.3, 0.4) is 0 Å². The van der Waals surface area contributed by atoms with Gasteiger partial charge in [-0.3, -0.25) is 9.52 Å². The van der Waals surface area contributed by atoms with Crippen molar-refractivity contribution in [3.63, 3.8) is 0 Å². The lowest BCUT2D eigenvalue weighted by molar-refractivity contribution is 0.0922. The molecule has 0 aliphatic heterocycles. The van der Waals surface area contributed by atoms with Crippen LogP contribution in [0.5, 0.6) is 0 Å². The molecule has 2 bridgehead atoms. The summed E-state index contributed by atoms with van der Waals surface area (Å²) in [6.07, 6.45) is 4.62. The molecule has 2 aliphatic carbocycles. The Bertz CT molecular complexity index is 1070. The summed E-state index contributed by atoms with van der Waals surface area (Å²) in [7, 11) is -3.94. The van der Waals surface area contributed by atoms with Crippen LogP contribution >= 0.6 is 11.6 Å². The summed E-state index contributed by atoms with van der Waals surface area (Å²) in [5.41, 5.74) is 2.63. The Kier molecular flexibility index (Phi) is 5.34. The van der Waals surface area contributed by atoms with E-state index in [-0.39, 0.29) is 21.9 Å². The molecule has 1 amide bonds. The smallest absolute Gasteiger partial charge is 0.263 e. The fourth-order valence-corrected chi connectivity index (χ4v) is 6.23. The van der Waals surface area contributed by atoms with Crippen LogP contribution < -0.4 is 10.0 Å². The van der Waals surface area contributed by atoms with Crippen molar-refractivity contribution in [3.05, 3.63) is 58.1 Å². The van der Waals surface area contributed by atoms with Gasteiger partial charge in [0.2, 0.25) is 0 Å². The Hall–Kier alpha value is -2.05. The normalized spacial score (nSPS) is 23.2. The van der Waals surface area contributed by atoms with Gasteiger partial charge in [-0.2, -0.15) is 0 Å². The first-order valence-electron chi connectivity index (χ1n) is 9.94. The number of aryl methyl sites for hydroxylation is 1. The molecule has 2 aromatic rings. The van der Waals surface area contributed by atoms with Gasteiger partial charge < -0.3 is 5.32 Å². The molecule has 0 radical (unpaired) electrons. The molecule has 0 heterocycles. The average molecular weight is 433 g/mol. The third-order valence-corrected chi connectivity index (χ3v) is 8.23. The van der Waals surface area contributed by atoms with E-state index in [0.29, 0.717) is 23.1 Å². The summed E-state index contributed by atoms with van der Waals surface area (Å²) in [5.74, 6) is 1.01. The Morgan fingerprint density at radius 2 is 1.90 bits per heavy atom. The van der Waals surface area contributed by atoms with Crippen molar-refractivity contribution in [2.45, 2.75) is 50.5 Å². The van der Waals surface area contributed by atoms with Gasteiger partial charge in [-0.1, -0.05) is 30.2 Å². The molecule has 29 heavy (non-hydrogen) atoms. The highest BCUT2D eigenvalue weighted by molar-refractivity contribution is 7.92. The van der Waals surface area contributed by atoms with E-state index in [2.05, 4.69) is 10.0 Å². The number of fused-ring (bicyclic) bond motifs is 2. The number of carbonyl (C=O) groups is 1. The zero-order valence-corrected chi connectivity index (χ0v) is 18.1. The number of amides is 1. The van der Waals surface area contributed by atoms with Crippen molar-refractivity contribution in [3.8, 4) is 0 Å². The van der Waals surface area contributed by atoms with E-state index >= 15 is 0 Å². The van der Waals surface area contributed by atoms with Gasteiger partial charge in [-0.25, -0.2) is 8.42 Å². The molecule has 0 aromatic heterocycles. The van der Waals surface area contributed by atoms with Crippen molar-refractivity contribution in [2.24, 2.45) is 11.8 Å². The van der Waals surface area contributed by atoms with Crippen LogP contribution in [-0.4, -0.2) is 20.4 Å². The fraction of sp³-hybridized carbons (Fsp3) is 0.409. The molecule has 7 heteroatoms. The molecule has 2 fully saturated rings. The molecular weight excluding hydrogens is 408 g/mol. The van der Waals surface area contributed by atoms with E-state index in [1.54, 1.807) is 18.2 Å². The molecule has 5 nitrogen and oxygen atoms in total. The number of halogens is 1. The Morgan fingerprint density at radius 3 is 2.59 bits per heavy atom. The Balaban J connectivity index is 1.57. The van der Waals surface area contributed by atoms with Gasteiger partial charge in [0, 0.05) is 11.6 Å². The van der Waals surface area contributed by atoms with Crippen LogP contribution in [-0.2, 0) is 10.0 Å². The second kappa shape index (κ2) is 7.65. The molecule has 0 saturated heterocycles. The lowest BCUT2D eigenvalue weighted by Gasteiger charge is -2.23. The first kappa shape index (κ1) is 20.2. The van der Waals surface area contributed by atoms with E-state index in [1.807, 2.05) is 19.9 Å². The van der Waals surface area contributed by atoms with E-state index < -0.39 is 10.0 Å². The molecule has 0 spiro atoms. The molecule has 2 aliphatic rings. The summed E-state index contributed by atoms with van der Waals surface area (Å²) in [6, 6.07) is 10.0. The first-order chi connectivity index (χ1) is 13.7. The third-order valence-electron chi connectivity index (χ3n) is 6.39. The molecule has 2 aromatic carbocycles. The van der Waals surface area contributed by atoms with Crippen molar-refractivity contribution >= 4 is 33.2 Å². The van der Waals surface area contributed by atoms with Crippen LogP contribution in [0.25, 0.3) is 0 Å². The van der Waals surface area contributed by atoms with E-state index in [9.17, 15) is 13.2 Å². The molecule has 4 rings (SSSR count). The summed E-state index contributed by atoms with van der Waals surface area (Å²) in [5, 5.41) is 3.18. The predicted molar refractivity (Wildman–Crippen MR) is 115 cm³/mol. The molecule has 0 unspecified atom stereocenters. The summed E-state index contributed by atoms with van der Waals surface area (Å²) >= 11 is 6.19. The maximum Gasteiger partial charge on any atom is 0.263 e. The monoisotopic (exact) mass is 432 g/mol. The molecule has 2 N–H and O–H groups in total. The van der Waals surface area contributed by atoms with E-state index in [1.165, 1.54) is 25.0 Å². The predicted octanol–water partition coefficient (Wildman–Crippen LogP) is 4.68. The van der Waals surface area contributed by atoms with Gasteiger partial charge in [0.1, 0.15) is 4.90 Å². The molecular formula is C22H25ClN2O3S. The number of hydrogen-bond acceptors (Lipinski definition) is 3. The van der Waals surface area contributed by atoms with Crippen molar-refractivity contribution < 1.29 is 13.2 Å². The number of carbonyl (C=O) groups excluding carboxylic acids is 1. The molecule has 154 valence electrons. The zero-order valence-electron chi connectivity index (χ0n) is 16.5. The maximum atomic E-state index is 13.0. The number of nitrogens with one attached hydrogen (secondary N) is 2. The van der Waals surface area contributed by atoms with Crippen molar-refractivity contribution in [1.82, 2.24) is 5.32 Å². The highest BCUT2D eigenvalue weighted by Gasteiger charge is 2.40. The summed E-state index contributed by atoms with van der Waals surface area (Å²) in [4.78, 5) is 12.7. The number of rotatable bonds is 5. The number of benzene rings is 2. The number of anilines is 1. The quantitative estimate of drug-likeness (QED) is 0.720. The minimum absolute atomic E-state index is 0.0827. The van der Waals surface area contributed by atoms with Gasteiger partial charge in [-0.05, 0) is 80.3 Å². The molecule has 2 saturated carbocycles. The zero-order chi connectivity index (χ0) is 20.8. The topological polar surface area (TPSA) is 75.3 Å². The Morgan fingerprint density at radius 1 is 1.10 bits per heavy atom. The largest absolute Gasteiger partial charge is 0.349 e. The highest BCUT2D eigenvalue weighted by atomic mass is 35.5. The number of hydrogen-bond donors (Lipinski definition) is 2. The second-order valence-corrected chi connectivity index (χ2v) is 10.3. The maximum absolute atomic E-state index is 13.0. The van der Waals surface area contributed by atoms with Gasteiger partial charge in [0.05, 0.1) is 10.7 Å². The first-order valence-corrected chi connectivity index (χ1v) is 11.8. The van der Waals surface area contributed by atoms with E-state index in [0.717, 1.165) is 24.0 Å². The van der Waals surface area contributed by atoms with Gasteiger partial charge in [0.25, 0.3) is 15.9 Å². The fourth-order valence-electron chi connectivity index (χ4n) is 4.59. The second-order valence-electron chi connectivity index (χ2n) is 8.25. The van der Waals surface area contributed by atoms with Crippen LogP contribution in [0.4, 0.5) is 5.69 Å². The van der Waals surface area contributed by atoms with E-state index in [4.69, 9.17) is 11.6 Å². The van der Waals surface area contributed by atoms with Crippen LogP contribution in [0.2, 0.25) is 5.02 Å². The third kappa shape index (κ3) is 4.01. The average Bonchev–Trinajstić information content (AvgIpc) is 3.28. The minimum Gasteiger partial charge on any atom is -0.349 e. The van der Waals surface area contributed by atoms with Crippen LogP contribution in [0, 0.1) is 25.7 Å². The van der Waals surface area contributed by atoms with Crippen molar-refractivity contribution in [1.29, 1.82) is 0 Å². The Labute approximate surface area is 176 Å². The summed E-state index contributed by atoms with van der Waals surface area (Å²) < 4.78 is 28.6. The van der Waals surface area contributed by atoms with Gasteiger partial charge in [-0.15, -0.1) is 0 Å². The highest BCUT2D eigenvalue weighted by Crippen LogP contribution is 2.44. The standard InChI is InChI=1S/C22H25ClN2O3S/c1-13-4-3-5-19(14(13)2)25-29(27,28)21-12-17(8-9-18(21)23)22(26)24-20-11-15-6-7-16(20)10-15/h3-5,8-9,12,15-16,20,25H,6-7,10-11H2,1-2H3,(H,24,26)/t15-,16+,20+/m0/s1. The molecule has 3 atom stereocenters. The lowest BCUT2D eigenvalue weighted by atomic mass is 9.95. The van der Waals surface area contributed by atoms with Gasteiger partial charge >= 0.3 is 0 Å².